The summed E-state index contributed by atoms with van der Waals surface area (Å²) in [5.74, 6) is -4.64. The number of hydrogen-bond acceptors (Lipinski definition) is 26. The van der Waals surface area contributed by atoms with E-state index in [2.05, 4.69) is 19.9 Å². The van der Waals surface area contributed by atoms with Crippen molar-refractivity contribution in [2.45, 2.75) is 275 Å². The number of esters is 2. The summed E-state index contributed by atoms with van der Waals surface area (Å²) in [5, 5.41) is 158. The summed E-state index contributed by atoms with van der Waals surface area (Å²) in [6, 6.07) is 0. The summed E-state index contributed by atoms with van der Waals surface area (Å²) in [6.07, 6.45) is -35.3. The molecule has 90 heavy (non-hydrogen) atoms. The first-order valence-corrected chi connectivity index (χ1v) is 31.9. The molecular weight excluding hydrogens is 1190 g/mol. The first-order chi connectivity index (χ1) is 42.0. The molecule has 4 heterocycles. The Morgan fingerprint density at radius 1 is 0.689 bits per heavy atom. The monoisotopic (exact) mass is 1290 g/mol. The van der Waals surface area contributed by atoms with E-state index >= 15 is 0 Å². The van der Waals surface area contributed by atoms with Gasteiger partial charge in [0.25, 0.3) is 0 Å². The Labute approximate surface area is 524 Å². The number of ether oxygens (including phenoxy) is 10. The molecule has 0 unspecified atom stereocenters. The molecule has 0 aromatic heterocycles. The molecule has 27 nitrogen and oxygen atoms in total. The van der Waals surface area contributed by atoms with Gasteiger partial charge in [-0.2, -0.15) is 0 Å². The van der Waals surface area contributed by atoms with Crippen molar-refractivity contribution in [2.24, 2.45) is 56.2 Å². The Morgan fingerprint density at radius 3 is 1.92 bits per heavy atom. The van der Waals surface area contributed by atoms with Crippen LogP contribution < -0.4 is 0 Å². The number of aliphatic hydroxyl groups is 13. The number of allylic oxidation sites excluding steroid dienone is 2. The summed E-state index contributed by atoms with van der Waals surface area (Å²) < 4.78 is 61.7. The number of carboxylic acids is 1. The van der Waals surface area contributed by atoms with Crippen molar-refractivity contribution >= 4 is 17.9 Å². The van der Waals surface area contributed by atoms with E-state index in [1.807, 2.05) is 41.5 Å². The van der Waals surface area contributed by atoms with Crippen LogP contribution >= 0.6 is 0 Å². The number of fused-ring (bicyclic) bond motifs is 7. The minimum absolute atomic E-state index is 0.192. The first-order valence-electron chi connectivity index (χ1n) is 31.9. The Balaban J connectivity index is 1.05. The Bertz CT molecular complexity index is 2640. The summed E-state index contributed by atoms with van der Waals surface area (Å²) in [5.41, 5.74) is -4.86. The minimum atomic E-state index is -2.24. The molecule has 514 valence electrons. The highest BCUT2D eigenvalue weighted by atomic mass is 16.8. The summed E-state index contributed by atoms with van der Waals surface area (Å²) >= 11 is 0. The summed E-state index contributed by atoms with van der Waals surface area (Å²) in [7, 11) is 0. The highest BCUT2D eigenvalue weighted by Crippen LogP contribution is 2.76. The predicted octanol–water partition coefficient (Wildman–Crippen LogP) is -0.806. The number of hydrogen-bond donors (Lipinski definition) is 14. The fourth-order valence-corrected chi connectivity index (χ4v) is 17.6. The smallest absolute Gasteiger partial charge is 0.335 e. The average Bonchev–Trinajstić information content (AvgIpc) is 0.663. The summed E-state index contributed by atoms with van der Waals surface area (Å²) in [6.45, 7) is 20.1. The zero-order chi connectivity index (χ0) is 66.6. The van der Waals surface area contributed by atoms with E-state index in [0.29, 0.717) is 37.7 Å². The van der Waals surface area contributed by atoms with Crippen molar-refractivity contribution in [3.63, 3.8) is 0 Å². The molecule has 5 aliphatic carbocycles. The molecule has 0 aromatic rings. The van der Waals surface area contributed by atoms with Crippen molar-refractivity contribution in [1.82, 2.24) is 0 Å². The predicted molar refractivity (Wildman–Crippen MR) is 308 cm³/mol. The maximum absolute atomic E-state index is 14.0. The molecule has 9 aliphatic rings. The minimum Gasteiger partial charge on any atom is -0.479 e. The molecule has 0 amide bonds. The quantitative estimate of drug-likeness (QED) is 0.0389. The Kier molecular flexibility index (Phi) is 20.8. The van der Waals surface area contributed by atoms with Crippen molar-refractivity contribution in [3.8, 4) is 0 Å². The van der Waals surface area contributed by atoms with E-state index in [9.17, 15) is 85.9 Å². The summed E-state index contributed by atoms with van der Waals surface area (Å²) in [4.78, 5) is 40.9. The average molecular weight is 1290 g/mol. The molecule has 9 rings (SSSR count). The second-order valence-corrected chi connectivity index (χ2v) is 29.2. The van der Waals surface area contributed by atoms with Crippen molar-refractivity contribution in [2.75, 3.05) is 19.8 Å². The highest BCUT2D eigenvalue weighted by molar-refractivity contribution is 5.88. The van der Waals surface area contributed by atoms with Crippen LogP contribution in [0.1, 0.15) is 128 Å². The van der Waals surface area contributed by atoms with E-state index in [0.717, 1.165) is 5.57 Å². The molecule has 0 bridgehead atoms. The molecule has 27 heteroatoms. The van der Waals surface area contributed by atoms with Crippen molar-refractivity contribution in [3.05, 3.63) is 23.3 Å². The van der Waals surface area contributed by atoms with Crippen LogP contribution in [0.25, 0.3) is 0 Å². The molecular formula is C63H100O27. The van der Waals surface area contributed by atoms with Gasteiger partial charge in [-0.1, -0.05) is 80.0 Å². The van der Waals surface area contributed by atoms with Crippen LogP contribution in [-0.4, -0.2) is 256 Å². The number of aliphatic hydroxyl groups excluding tert-OH is 13. The zero-order valence-corrected chi connectivity index (χ0v) is 53.5. The van der Waals surface area contributed by atoms with Gasteiger partial charge < -0.3 is 119 Å². The van der Waals surface area contributed by atoms with Crippen LogP contribution in [-0.2, 0) is 61.8 Å². The van der Waals surface area contributed by atoms with Gasteiger partial charge in [0.15, 0.2) is 37.4 Å². The van der Waals surface area contributed by atoms with Gasteiger partial charge in [0, 0.05) is 16.4 Å². The van der Waals surface area contributed by atoms with Gasteiger partial charge in [0.05, 0.1) is 55.6 Å². The van der Waals surface area contributed by atoms with Crippen LogP contribution in [0.2, 0.25) is 0 Å². The molecule has 32 atom stereocenters. The van der Waals surface area contributed by atoms with Gasteiger partial charge in [0.1, 0.15) is 85.5 Å². The molecule has 4 aliphatic heterocycles. The van der Waals surface area contributed by atoms with Gasteiger partial charge in [-0.15, -0.1) is 0 Å². The van der Waals surface area contributed by atoms with E-state index in [1.165, 1.54) is 6.92 Å². The third-order valence-corrected chi connectivity index (χ3v) is 23.7. The molecule has 4 saturated carbocycles. The maximum Gasteiger partial charge on any atom is 0.335 e. The van der Waals surface area contributed by atoms with Crippen LogP contribution in [0.5, 0.6) is 0 Å². The zero-order valence-electron chi connectivity index (χ0n) is 53.5. The molecule has 14 N–H and O–H groups in total. The fourth-order valence-electron chi connectivity index (χ4n) is 17.6. The highest BCUT2D eigenvalue weighted by Gasteiger charge is 2.77. The van der Waals surface area contributed by atoms with Crippen LogP contribution in [0, 0.1) is 56.2 Å². The number of rotatable bonds is 16. The van der Waals surface area contributed by atoms with E-state index in [1.54, 1.807) is 26.8 Å². The van der Waals surface area contributed by atoms with Gasteiger partial charge in [0.2, 0.25) is 0 Å². The van der Waals surface area contributed by atoms with Crippen LogP contribution in [0.4, 0.5) is 0 Å². The molecule has 8 fully saturated rings. The lowest BCUT2D eigenvalue weighted by Crippen LogP contribution is -2.76. The SMILES string of the molecule is C/C=C(/C)C(=O)O[C@H]1[C@H](OC(=O)[C@@H](C)CC)[C@]2(CO)[C@H](O)[C@H](O)[C@]3(C)C(=CC[C@@H]4[C@@]5(C)CC[C@H](O[C@@H]6O[C@H](C(=O)O)[C@@H](O)[C@H](O[C@@H]7OC[C@H](O)[C@H](O)[C@H]7O[C@@H]7O[C@@H](C)[C@H](O)[C@@H](O)[C@H]7O)[C@H]6O[C@@H]6O[C@H](CO)[C@H](O)[C@H](O)[C@H]6O)C(C)(C)[C@@H]5CC[C@]43C)[C@@H]2CC1(C)C. The molecule has 4 saturated heterocycles. The second-order valence-electron chi connectivity index (χ2n) is 29.2. The lowest BCUT2D eigenvalue weighted by Gasteiger charge is -2.73. The van der Waals surface area contributed by atoms with Gasteiger partial charge in [-0.25, -0.2) is 9.59 Å². The lowest BCUT2D eigenvalue weighted by atomic mass is 9.32. The van der Waals surface area contributed by atoms with Gasteiger partial charge in [-0.05, 0) is 99.7 Å². The van der Waals surface area contributed by atoms with Crippen LogP contribution in [0.15, 0.2) is 23.3 Å². The number of carbonyl (C=O) groups is 3. The number of carboxylic acid groups (broad SMARTS) is 1. The Morgan fingerprint density at radius 2 is 1.31 bits per heavy atom. The maximum atomic E-state index is 14.0. The third-order valence-electron chi connectivity index (χ3n) is 23.7. The largest absolute Gasteiger partial charge is 0.479 e. The van der Waals surface area contributed by atoms with Gasteiger partial charge >= 0.3 is 17.9 Å². The van der Waals surface area contributed by atoms with Crippen LogP contribution in [0.3, 0.4) is 0 Å². The lowest BCUT2D eigenvalue weighted by molar-refractivity contribution is -0.401. The van der Waals surface area contributed by atoms with E-state index in [-0.39, 0.29) is 24.7 Å². The van der Waals surface area contributed by atoms with Crippen molar-refractivity contribution in [1.29, 1.82) is 0 Å². The molecule has 0 spiro atoms. The van der Waals surface area contributed by atoms with E-state index in [4.69, 9.17) is 47.4 Å². The first kappa shape index (κ1) is 71.3. The third kappa shape index (κ3) is 11.6. The number of carbonyl (C=O) groups excluding carboxylic acids is 2. The second kappa shape index (κ2) is 26.2. The normalized spacial score (nSPS) is 50.4. The molecule has 0 aromatic carbocycles. The number of aliphatic carboxylic acids is 1. The van der Waals surface area contributed by atoms with E-state index < -0.39 is 229 Å². The Hall–Kier alpha value is -2.95. The van der Waals surface area contributed by atoms with Gasteiger partial charge in [-0.3, -0.25) is 4.79 Å². The standard InChI is InChI=1S/C63H100O27/c1-13-25(3)52(79)89-49-50(90-53(80)26(4)14-2)63(24-65)29(21-58(49,6)7)28-15-16-33-60(10)19-18-34(59(8,9)32(60)17-20-61(33,11)62(28,12)47(75)48(63)76)84-57-46(88-55-41(73)39(71)37(69)31(22-64)83-55)43(42(74)44(86-57)51(77)78)85-56-45(36(68)30(66)23-81-56)87-54-40(72)38(70)35(67)27(5)82-54/h13,15,26-27,29-50,54-57,64-76H,14,16-24H2,1-12H3,(H,77,78)/b25-13-/t26-,27-,29-,30-,31+,32-,33+,34-,35-,36-,37-,38+,39-,40+,41+,42-,43-,44-,45+,46+,47-,48+,49-,50-,54-,55-,56-,57+,60-,61+,62-,63-/m0/s1. The topological polar surface area (TPSA) is 427 Å². The van der Waals surface area contributed by atoms with Crippen molar-refractivity contribution < 1.29 is 133 Å². The fraction of sp³-hybridized carbons (Fsp3) is 0.889. The molecule has 0 radical (unpaired) electrons.